The molecule has 1 atom stereocenters. The average molecular weight is 302 g/mol. The van der Waals surface area contributed by atoms with Gasteiger partial charge in [0, 0.05) is 25.4 Å². The van der Waals surface area contributed by atoms with Crippen molar-refractivity contribution in [2.75, 3.05) is 6.61 Å². The molecular formula is C16H22N4O2. The zero-order valence-electron chi connectivity index (χ0n) is 12.9. The number of aromatic nitrogens is 2. The van der Waals surface area contributed by atoms with Crippen LogP contribution in [0.2, 0.25) is 0 Å². The number of carbonyl (C=O) groups is 1. The van der Waals surface area contributed by atoms with Crippen molar-refractivity contribution in [1.29, 1.82) is 0 Å². The van der Waals surface area contributed by atoms with Gasteiger partial charge in [-0.3, -0.25) is 0 Å². The zero-order chi connectivity index (χ0) is 15.9. The summed E-state index contributed by atoms with van der Waals surface area (Å²) in [6.07, 6.45) is 2.44. The van der Waals surface area contributed by atoms with Gasteiger partial charge in [-0.2, -0.15) is 5.10 Å². The highest BCUT2D eigenvalue weighted by molar-refractivity contribution is 5.74. The van der Waals surface area contributed by atoms with Crippen molar-refractivity contribution in [2.24, 2.45) is 0 Å². The van der Waals surface area contributed by atoms with Gasteiger partial charge in [0.15, 0.2) is 0 Å². The number of hydrogen-bond donors (Lipinski definition) is 3. The molecule has 1 heterocycles. The third-order valence-electron chi connectivity index (χ3n) is 3.34. The number of benzene rings is 1. The Kier molecular flexibility index (Phi) is 5.55. The number of aliphatic hydroxyl groups excluding tert-OH is 1. The molecule has 0 aliphatic carbocycles. The van der Waals surface area contributed by atoms with Gasteiger partial charge in [-0.05, 0) is 38.0 Å². The first-order valence-electron chi connectivity index (χ1n) is 7.36. The van der Waals surface area contributed by atoms with Gasteiger partial charge in [0.1, 0.15) is 0 Å². The fraction of sp³-hybridized carbons (Fsp3) is 0.375. The summed E-state index contributed by atoms with van der Waals surface area (Å²) in [5, 5.41) is 18.9. The molecule has 0 spiro atoms. The molecule has 22 heavy (non-hydrogen) atoms. The average Bonchev–Trinajstić information content (AvgIpc) is 2.92. The van der Waals surface area contributed by atoms with Crippen LogP contribution in [0.25, 0.3) is 5.69 Å². The van der Waals surface area contributed by atoms with E-state index in [1.165, 1.54) is 0 Å². The first kappa shape index (κ1) is 16.0. The van der Waals surface area contributed by atoms with Crippen LogP contribution in [0.4, 0.5) is 4.79 Å². The summed E-state index contributed by atoms with van der Waals surface area (Å²) in [6, 6.07) is 9.44. The van der Waals surface area contributed by atoms with Crippen molar-refractivity contribution >= 4 is 6.03 Å². The molecule has 0 aliphatic rings. The molecule has 0 saturated carbocycles. The predicted molar refractivity (Wildman–Crippen MR) is 84.8 cm³/mol. The van der Waals surface area contributed by atoms with Crippen molar-refractivity contribution in [3.05, 3.63) is 47.8 Å². The van der Waals surface area contributed by atoms with E-state index in [2.05, 4.69) is 15.7 Å². The molecule has 0 aliphatic heterocycles. The maximum atomic E-state index is 11.8. The lowest BCUT2D eigenvalue weighted by Gasteiger charge is -2.14. The molecule has 2 amide bonds. The second-order valence-electron chi connectivity index (χ2n) is 5.27. The number of aliphatic hydroxyl groups is 1. The molecule has 0 unspecified atom stereocenters. The van der Waals surface area contributed by atoms with Crippen molar-refractivity contribution in [3.8, 4) is 5.69 Å². The maximum absolute atomic E-state index is 11.8. The summed E-state index contributed by atoms with van der Waals surface area (Å²) >= 11 is 0. The lowest BCUT2D eigenvalue weighted by molar-refractivity contribution is 0.230. The van der Waals surface area contributed by atoms with E-state index in [0.29, 0.717) is 13.0 Å². The van der Waals surface area contributed by atoms with E-state index >= 15 is 0 Å². The molecule has 0 bridgehead atoms. The zero-order valence-corrected chi connectivity index (χ0v) is 12.9. The van der Waals surface area contributed by atoms with E-state index in [-0.39, 0.29) is 18.7 Å². The highest BCUT2D eigenvalue weighted by Gasteiger charge is 2.09. The third kappa shape index (κ3) is 4.33. The Labute approximate surface area is 130 Å². The smallest absolute Gasteiger partial charge is 0.315 e. The number of carbonyl (C=O) groups excluding carboxylic acids is 1. The fourth-order valence-corrected chi connectivity index (χ4v) is 2.15. The molecule has 118 valence electrons. The normalized spacial score (nSPS) is 12.0. The van der Waals surface area contributed by atoms with Gasteiger partial charge in [-0.25, -0.2) is 9.48 Å². The lowest BCUT2D eigenvalue weighted by Crippen LogP contribution is -2.40. The molecule has 1 aromatic carbocycles. The van der Waals surface area contributed by atoms with Gasteiger partial charge in [0.25, 0.3) is 0 Å². The Morgan fingerprint density at radius 2 is 2.14 bits per heavy atom. The predicted octanol–water partition coefficient (Wildman–Crippen LogP) is 1.75. The Bertz CT molecular complexity index is 624. The molecule has 0 saturated heterocycles. The SMILES string of the molecule is Cc1ccn(-c2ccccc2CNC(=O)N[C@H](C)CCO)n1. The molecule has 0 fully saturated rings. The number of urea groups is 1. The Hall–Kier alpha value is -2.34. The van der Waals surface area contributed by atoms with E-state index < -0.39 is 0 Å². The van der Waals surface area contributed by atoms with Crippen LogP contribution in [-0.2, 0) is 6.54 Å². The number of hydrogen-bond acceptors (Lipinski definition) is 3. The van der Waals surface area contributed by atoms with Crippen LogP contribution in [0.1, 0.15) is 24.6 Å². The Balaban J connectivity index is 2.00. The van der Waals surface area contributed by atoms with Crippen LogP contribution in [0.5, 0.6) is 0 Å². The van der Waals surface area contributed by atoms with Crippen molar-refractivity contribution in [3.63, 3.8) is 0 Å². The van der Waals surface area contributed by atoms with Crippen LogP contribution < -0.4 is 10.6 Å². The summed E-state index contributed by atoms with van der Waals surface area (Å²) < 4.78 is 1.80. The summed E-state index contributed by atoms with van der Waals surface area (Å²) in [7, 11) is 0. The molecule has 6 heteroatoms. The topological polar surface area (TPSA) is 79.2 Å². The van der Waals surface area contributed by atoms with Gasteiger partial charge in [0.05, 0.1) is 11.4 Å². The minimum absolute atomic E-state index is 0.0585. The Morgan fingerprint density at radius 1 is 1.36 bits per heavy atom. The molecule has 1 aromatic heterocycles. The molecule has 6 nitrogen and oxygen atoms in total. The van der Waals surface area contributed by atoms with Crippen molar-refractivity contribution in [1.82, 2.24) is 20.4 Å². The fourth-order valence-electron chi connectivity index (χ4n) is 2.15. The summed E-state index contributed by atoms with van der Waals surface area (Å²) in [5.74, 6) is 0. The summed E-state index contributed by atoms with van der Waals surface area (Å²) in [6.45, 7) is 4.26. The first-order valence-corrected chi connectivity index (χ1v) is 7.36. The van der Waals surface area contributed by atoms with Gasteiger partial charge < -0.3 is 15.7 Å². The summed E-state index contributed by atoms with van der Waals surface area (Å²) in [4.78, 5) is 11.8. The van der Waals surface area contributed by atoms with E-state index in [0.717, 1.165) is 16.9 Å². The summed E-state index contributed by atoms with van der Waals surface area (Å²) in [5.41, 5.74) is 2.87. The number of para-hydroxylation sites is 1. The van der Waals surface area contributed by atoms with Gasteiger partial charge in [-0.1, -0.05) is 18.2 Å². The minimum Gasteiger partial charge on any atom is -0.396 e. The van der Waals surface area contributed by atoms with E-state index in [1.807, 2.05) is 50.4 Å². The van der Waals surface area contributed by atoms with Crippen LogP contribution in [-0.4, -0.2) is 33.6 Å². The van der Waals surface area contributed by atoms with Crippen molar-refractivity contribution in [2.45, 2.75) is 32.9 Å². The number of aryl methyl sites for hydroxylation is 1. The maximum Gasteiger partial charge on any atom is 0.315 e. The van der Waals surface area contributed by atoms with Crippen LogP contribution >= 0.6 is 0 Å². The third-order valence-corrected chi connectivity index (χ3v) is 3.34. The van der Waals surface area contributed by atoms with Crippen molar-refractivity contribution < 1.29 is 9.90 Å². The quantitative estimate of drug-likeness (QED) is 0.760. The van der Waals surface area contributed by atoms with Crippen LogP contribution in [0.3, 0.4) is 0 Å². The number of nitrogens with one attached hydrogen (secondary N) is 2. The molecule has 3 N–H and O–H groups in total. The molecule has 2 rings (SSSR count). The van der Waals surface area contributed by atoms with E-state index in [1.54, 1.807) is 4.68 Å². The molecular weight excluding hydrogens is 280 g/mol. The number of amides is 2. The highest BCUT2D eigenvalue weighted by Crippen LogP contribution is 2.13. The molecule has 0 radical (unpaired) electrons. The monoisotopic (exact) mass is 302 g/mol. The number of rotatable bonds is 6. The van der Waals surface area contributed by atoms with Gasteiger partial charge >= 0.3 is 6.03 Å². The molecule has 2 aromatic rings. The van der Waals surface area contributed by atoms with Crippen LogP contribution in [0.15, 0.2) is 36.5 Å². The van der Waals surface area contributed by atoms with E-state index in [4.69, 9.17) is 5.11 Å². The second-order valence-corrected chi connectivity index (χ2v) is 5.27. The first-order chi connectivity index (χ1) is 10.6. The Morgan fingerprint density at radius 3 is 2.82 bits per heavy atom. The standard InChI is InChI=1S/C16H22N4O2/c1-12(8-10-21)18-16(22)17-11-14-5-3-4-6-15(14)20-9-7-13(2)19-20/h3-7,9,12,21H,8,10-11H2,1-2H3,(H2,17,18,22)/t12-/m1/s1. The van der Waals surface area contributed by atoms with Gasteiger partial charge in [0.2, 0.25) is 0 Å². The van der Waals surface area contributed by atoms with Crippen LogP contribution in [0, 0.1) is 6.92 Å². The van der Waals surface area contributed by atoms with Gasteiger partial charge in [-0.15, -0.1) is 0 Å². The minimum atomic E-state index is -0.243. The second kappa shape index (κ2) is 7.61. The largest absolute Gasteiger partial charge is 0.396 e. The lowest BCUT2D eigenvalue weighted by atomic mass is 10.2. The number of nitrogens with zero attached hydrogens (tertiary/aromatic N) is 2. The van der Waals surface area contributed by atoms with E-state index in [9.17, 15) is 4.79 Å². The highest BCUT2D eigenvalue weighted by atomic mass is 16.3.